The molecule has 0 saturated carbocycles. The van der Waals surface area contributed by atoms with Gasteiger partial charge in [0.2, 0.25) is 0 Å². The van der Waals surface area contributed by atoms with Crippen LogP contribution in [0.4, 0.5) is 4.70 Å². The molecule has 0 atom stereocenters. The highest BCUT2D eigenvalue weighted by atomic mass is 32.1. The standard InChI is InChI=1S/CH3NOS.FH.H4Si/c2-1(3)4;;/h(H3,2,3,4);1H;1H4. The molecule has 0 fully saturated rings. The van der Waals surface area contributed by atoms with Crippen molar-refractivity contribution in [2.75, 3.05) is 0 Å². The molecule has 0 aliphatic carbocycles. The van der Waals surface area contributed by atoms with Crippen LogP contribution in [0.25, 0.3) is 0 Å². The van der Waals surface area contributed by atoms with Crippen LogP contribution in [0.2, 0.25) is 0 Å². The molecule has 2 nitrogen and oxygen atoms in total. The summed E-state index contributed by atoms with van der Waals surface area (Å²) in [6.45, 7) is 0. The van der Waals surface area contributed by atoms with Gasteiger partial charge in [0.25, 0.3) is 5.17 Å². The zero-order valence-corrected chi connectivity index (χ0v) is 3.16. The summed E-state index contributed by atoms with van der Waals surface area (Å²) >= 11 is 3.87. The van der Waals surface area contributed by atoms with Crippen LogP contribution in [0, 0.1) is 0 Å². The Morgan fingerprint density at radius 2 is 1.67 bits per heavy atom. The van der Waals surface area contributed by atoms with Gasteiger partial charge in [0.1, 0.15) is 0 Å². The van der Waals surface area contributed by atoms with E-state index in [1.54, 1.807) is 0 Å². The zero-order valence-electron chi connectivity index (χ0n) is 2.34. The quantitative estimate of drug-likeness (QED) is 0.309. The number of rotatable bonds is 0. The minimum atomic E-state index is -0.500. The highest BCUT2D eigenvalue weighted by molar-refractivity contribution is 7.79. The first-order valence-electron chi connectivity index (χ1n) is 0.716. The lowest BCUT2D eigenvalue weighted by molar-refractivity contribution is 0.560. The van der Waals surface area contributed by atoms with Crippen molar-refractivity contribution in [1.29, 1.82) is 0 Å². The molecule has 0 aliphatic heterocycles. The van der Waals surface area contributed by atoms with Crippen molar-refractivity contribution in [2.45, 2.75) is 0 Å². The van der Waals surface area contributed by atoms with E-state index in [0.717, 1.165) is 0 Å². The van der Waals surface area contributed by atoms with E-state index in [1.165, 1.54) is 0 Å². The molecule has 0 amide bonds. The van der Waals surface area contributed by atoms with Gasteiger partial charge >= 0.3 is 0 Å². The third kappa shape index (κ3) is 1160. The SMILES string of the molecule is F.NC(O)=S.[SiH4]. The van der Waals surface area contributed by atoms with Crippen molar-refractivity contribution < 1.29 is 9.81 Å². The molecule has 6 heavy (non-hydrogen) atoms. The highest BCUT2D eigenvalue weighted by Crippen LogP contribution is 1.40. The number of aliphatic hydroxyl groups is 1. The summed E-state index contributed by atoms with van der Waals surface area (Å²) in [5.41, 5.74) is 4.40. The third-order valence-corrected chi connectivity index (χ3v) is 0. The van der Waals surface area contributed by atoms with Gasteiger partial charge in [-0.05, 0) is 23.2 Å². The Labute approximate surface area is 44.7 Å². The van der Waals surface area contributed by atoms with Crippen LogP contribution in [0.1, 0.15) is 0 Å². The number of aliphatic hydroxyl groups excluding tert-OH is 1. The van der Waals surface area contributed by atoms with Crippen LogP contribution in [-0.2, 0) is 0 Å². The molecule has 0 aromatic heterocycles. The number of nitrogens with two attached hydrogens (primary N) is 1. The van der Waals surface area contributed by atoms with Crippen LogP contribution < -0.4 is 5.73 Å². The Hall–Kier alpha value is -0.163. The first kappa shape index (κ1) is 17.0. The maximum Gasteiger partial charge on any atom is 0.251 e. The Balaban J connectivity index is -0.0000000450. The van der Waals surface area contributed by atoms with Crippen molar-refractivity contribution in [3.8, 4) is 0 Å². The molecule has 0 radical (unpaired) electrons. The van der Waals surface area contributed by atoms with Crippen molar-refractivity contribution in [3.63, 3.8) is 0 Å². The molecule has 5 heteroatoms. The van der Waals surface area contributed by atoms with E-state index >= 15 is 0 Å². The topological polar surface area (TPSA) is 46.2 Å². The Kier molecular flexibility index (Phi) is 25.0. The maximum atomic E-state index is 7.56. The van der Waals surface area contributed by atoms with E-state index in [1.807, 2.05) is 0 Å². The summed E-state index contributed by atoms with van der Waals surface area (Å²) in [7, 11) is 0. The number of hydrogen-bond acceptors (Lipinski definition) is 1. The molecule has 0 spiro atoms. The average molecular weight is 129 g/mol. The minimum absolute atomic E-state index is 0. The Morgan fingerprint density at radius 1 is 1.67 bits per heavy atom. The van der Waals surface area contributed by atoms with Gasteiger partial charge in [-0.15, -0.1) is 0 Å². The number of halogens is 1. The van der Waals surface area contributed by atoms with E-state index in [2.05, 4.69) is 18.0 Å². The molecule has 0 aromatic rings. The van der Waals surface area contributed by atoms with E-state index in [4.69, 9.17) is 5.11 Å². The van der Waals surface area contributed by atoms with Gasteiger partial charge in [-0.25, -0.2) is 0 Å². The summed E-state index contributed by atoms with van der Waals surface area (Å²) in [5.74, 6) is 0. The van der Waals surface area contributed by atoms with Crippen LogP contribution in [0.3, 0.4) is 0 Å². The van der Waals surface area contributed by atoms with E-state index in [9.17, 15) is 0 Å². The molecule has 0 aliphatic rings. The van der Waals surface area contributed by atoms with Crippen molar-refractivity contribution >= 4 is 28.4 Å². The fraction of sp³-hybridized carbons (Fsp3) is 0. The van der Waals surface area contributed by atoms with Crippen LogP contribution in [-0.4, -0.2) is 21.2 Å². The number of hydrogen-bond donors (Lipinski definition) is 2. The van der Waals surface area contributed by atoms with Crippen LogP contribution in [0.15, 0.2) is 0 Å². The largest absolute Gasteiger partial charge is 0.487 e. The zero-order chi connectivity index (χ0) is 3.58. The first-order chi connectivity index (χ1) is 1.73. The van der Waals surface area contributed by atoms with Crippen LogP contribution >= 0.6 is 12.2 Å². The minimum Gasteiger partial charge on any atom is -0.487 e. The van der Waals surface area contributed by atoms with Crippen LogP contribution in [0.5, 0.6) is 0 Å². The predicted molar refractivity (Wildman–Crippen MR) is 33.3 cm³/mol. The fourth-order valence-corrected chi connectivity index (χ4v) is 0. The van der Waals surface area contributed by atoms with Gasteiger partial charge in [-0.2, -0.15) is 0 Å². The third-order valence-electron chi connectivity index (χ3n) is 0. The fourth-order valence-electron chi connectivity index (χ4n) is 0. The van der Waals surface area contributed by atoms with E-state index < -0.39 is 5.17 Å². The van der Waals surface area contributed by atoms with Gasteiger partial charge in [0.15, 0.2) is 0 Å². The highest BCUT2D eigenvalue weighted by Gasteiger charge is 1.57. The molecule has 0 unspecified atom stereocenters. The average Bonchev–Trinajstić information content (AvgIpc) is 0.811. The molecule has 3 N–H and O–H groups in total. The normalized spacial score (nSPS) is 4.00. The lowest BCUT2D eigenvalue weighted by atomic mass is 11.4. The van der Waals surface area contributed by atoms with Gasteiger partial charge in [-0.1, -0.05) is 0 Å². The second-order valence-electron chi connectivity index (χ2n) is 0.338. The molecule has 0 heterocycles. The molecular weight excluding hydrogens is 121 g/mol. The monoisotopic (exact) mass is 129 g/mol. The lowest BCUT2D eigenvalue weighted by Crippen LogP contribution is -2.03. The second-order valence-corrected chi connectivity index (χ2v) is 0.757. The second kappa shape index (κ2) is 8.85. The lowest BCUT2D eigenvalue weighted by Gasteiger charge is -1.67. The molecule has 0 saturated heterocycles. The molecule has 0 rings (SSSR count). The van der Waals surface area contributed by atoms with Crippen molar-refractivity contribution in [1.82, 2.24) is 0 Å². The van der Waals surface area contributed by atoms with Gasteiger partial charge in [0, 0.05) is 0 Å². The first-order valence-corrected chi connectivity index (χ1v) is 1.12. The summed E-state index contributed by atoms with van der Waals surface area (Å²) in [6, 6.07) is 0. The Bertz CT molecular complexity index is 38.5. The molecule has 0 aromatic carbocycles. The Morgan fingerprint density at radius 3 is 1.67 bits per heavy atom. The van der Waals surface area contributed by atoms with Crippen molar-refractivity contribution in [3.05, 3.63) is 0 Å². The summed E-state index contributed by atoms with van der Waals surface area (Å²) in [5, 5.41) is 7.06. The summed E-state index contributed by atoms with van der Waals surface area (Å²) in [4.78, 5) is 0. The summed E-state index contributed by atoms with van der Waals surface area (Å²) in [6.07, 6.45) is 0. The van der Waals surface area contributed by atoms with Gasteiger partial charge < -0.3 is 10.8 Å². The molecule has 40 valence electrons. The van der Waals surface area contributed by atoms with Crippen molar-refractivity contribution in [2.24, 2.45) is 5.73 Å². The summed E-state index contributed by atoms with van der Waals surface area (Å²) < 4.78 is 0. The maximum absolute atomic E-state index is 7.56. The number of thiocarbonyl (C=S) groups is 1. The van der Waals surface area contributed by atoms with Gasteiger partial charge in [-0.3, -0.25) is 4.70 Å². The van der Waals surface area contributed by atoms with E-state index in [-0.39, 0.29) is 15.7 Å². The molecular formula is CH8FNOSSi. The van der Waals surface area contributed by atoms with E-state index in [0.29, 0.717) is 0 Å². The van der Waals surface area contributed by atoms with Gasteiger partial charge in [0.05, 0.1) is 0 Å². The smallest absolute Gasteiger partial charge is 0.251 e. The molecule has 0 bridgehead atoms. The predicted octanol–water partition coefficient (Wildman–Crippen LogP) is -1.51.